The number of anilines is 3. The van der Waals surface area contributed by atoms with E-state index in [1.165, 1.54) is 11.3 Å². The van der Waals surface area contributed by atoms with Crippen LogP contribution in [-0.2, 0) is 11.2 Å². The first-order valence-corrected chi connectivity index (χ1v) is 10.0. The second-order valence-corrected chi connectivity index (χ2v) is 8.01. The fraction of sp³-hybridized carbons (Fsp3) is 0.455. The molecule has 2 aliphatic rings. The van der Waals surface area contributed by atoms with E-state index in [2.05, 4.69) is 59.4 Å². The second kappa shape index (κ2) is 7.80. The molecule has 0 saturated carbocycles. The Morgan fingerprint density at radius 1 is 1.25 bits per heavy atom. The van der Waals surface area contributed by atoms with E-state index in [9.17, 15) is 0 Å². The van der Waals surface area contributed by atoms with Crippen LogP contribution in [0.1, 0.15) is 37.4 Å². The standard InChI is InChI=1S/C22H29N5O/c1-14(2)20-19(28-3)9-4-15-12-24-22(26-21(15)20)25-17-5-7-18(8-6-17)27-11-10-16(23)13-27/h5-9,12,14,16,20H,4,10-11,13,23H2,1-3H3,(H,24,25,26). The fourth-order valence-electron chi connectivity index (χ4n) is 4.14. The van der Waals surface area contributed by atoms with Gasteiger partial charge >= 0.3 is 0 Å². The number of aromatic nitrogens is 2. The Kier molecular flexibility index (Phi) is 5.22. The number of nitrogens with one attached hydrogen (secondary N) is 1. The lowest BCUT2D eigenvalue weighted by Gasteiger charge is -2.28. The van der Waals surface area contributed by atoms with E-state index < -0.39 is 0 Å². The van der Waals surface area contributed by atoms with E-state index in [0.717, 1.165) is 43.1 Å². The number of methoxy groups -OCH3 is 1. The predicted molar refractivity (Wildman–Crippen MR) is 113 cm³/mol. The molecule has 28 heavy (non-hydrogen) atoms. The van der Waals surface area contributed by atoms with Crippen molar-refractivity contribution < 1.29 is 4.74 Å². The lowest BCUT2D eigenvalue weighted by Crippen LogP contribution is -2.26. The first kappa shape index (κ1) is 18.7. The van der Waals surface area contributed by atoms with E-state index in [0.29, 0.717) is 11.9 Å². The average Bonchev–Trinajstić information content (AvgIpc) is 3.13. The zero-order valence-corrected chi connectivity index (χ0v) is 16.9. The summed E-state index contributed by atoms with van der Waals surface area (Å²) < 4.78 is 5.62. The molecule has 2 heterocycles. The molecule has 1 aliphatic carbocycles. The number of hydrogen-bond donors (Lipinski definition) is 2. The zero-order valence-electron chi connectivity index (χ0n) is 16.9. The predicted octanol–water partition coefficient (Wildman–Crippen LogP) is 3.58. The van der Waals surface area contributed by atoms with Gasteiger partial charge in [0.1, 0.15) is 5.76 Å². The number of fused-ring (bicyclic) bond motifs is 1. The van der Waals surface area contributed by atoms with Gasteiger partial charge in [-0.2, -0.15) is 0 Å². The molecule has 3 N–H and O–H groups in total. The molecule has 0 bridgehead atoms. The summed E-state index contributed by atoms with van der Waals surface area (Å²) in [6.45, 7) is 6.34. The maximum absolute atomic E-state index is 6.02. The molecule has 0 spiro atoms. The average molecular weight is 380 g/mol. The highest BCUT2D eigenvalue weighted by Gasteiger charge is 2.29. The number of benzene rings is 1. The summed E-state index contributed by atoms with van der Waals surface area (Å²) in [6, 6.07) is 8.68. The van der Waals surface area contributed by atoms with Crippen LogP contribution in [0, 0.1) is 5.92 Å². The van der Waals surface area contributed by atoms with Crippen molar-refractivity contribution in [3.05, 3.63) is 53.6 Å². The Balaban J connectivity index is 1.53. The summed E-state index contributed by atoms with van der Waals surface area (Å²) in [6.07, 6.45) is 5.95. The Morgan fingerprint density at radius 3 is 2.68 bits per heavy atom. The van der Waals surface area contributed by atoms with Gasteiger partial charge in [-0.15, -0.1) is 0 Å². The number of allylic oxidation sites excluding steroid dienone is 2. The summed E-state index contributed by atoms with van der Waals surface area (Å²) >= 11 is 0. The normalized spacial score (nSPS) is 21.5. The first-order valence-electron chi connectivity index (χ1n) is 10.0. The number of rotatable bonds is 5. The zero-order chi connectivity index (χ0) is 19.7. The van der Waals surface area contributed by atoms with E-state index in [1.807, 2.05) is 6.20 Å². The number of hydrogen-bond acceptors (Lipinski definition) is 6. The van der Waals surface area contributed by atoms with Crippen molar-refractivity contribution in [1.82, 2.24) is 9.97 Å². The van der Waals surface area contributed by atoms with Crippen molar-refractivity contribution in [3.63, 3.8) is 0 Å². The minimum atomic E-state index is 0.166. The van der Waals surface area contributed by atoms with Crippen molar-refractivity contribution in [1.29, 1.82) is 0 Å². The van der Waals surface area contributed by atoms with Crippen LogP contribution in [0.4, 0.5) is 17.3 Å². The molecule has 1 aromatic carbocycles. The topological polar surface area (TPSA) is 76.3 Å². The molecule has 2 aromatic rings. The molecule has 2 unspecified atom stereocenters. The maximum Gasteiger partial charge on any atom is 0.227 e. The van der Waals surface area contributed by atoms with E-state index in [-0.39, 0.29) is 12.0 Å². The molecule has 4 rings (SSSR count). The number of nitrogens with zero attached hydrogens (tertiary/aromatic N) is 3. The molecule has 6 heteroatoms. The van der Waals surface area contributed by atoms with Crippen LogP contribution < -0.4 is 16.0 Å². The highest BCUT2D eigenvalue weighted by molar-refractivity contribution is 5.60. The van der Waals surface area contributed by atoms with Gasteiger partial charge in [0.2, 0.25) is 5.95 Å². The molecule has 6 nitrogen and oxygen atoms in total. The molecule has 0 radical (unpaired) electrons. The molecule has 1 aliphatic heterocycles. The van der Waals surface area contributed by atoms with Gasteiger partial charge in [-0.1, -0.05) is 13.8 Å². The highest BCUT2D eigenvalue weighted by Crippen LogP contribution is 2.37. The van der Waals surface area contributed by atoms with Crippen LogP contribution in [0.2, 0.25) is 0 Å². The maximum atomic E-state index is 6.02. The molecule has 1 fully saturated rings. The largest absolute Gasteiger partial charge is 0.501 e. The van der Waals surface area contributed by atoms with Crippen LogP contribution in [0.3, 0.4) is 0 Å². The minimum Gasteiger partial charge on any atom is -0.501 e. The summed E-state index contributed by atoms with van der Waals surface area (Å²) in [4.78, 5) is 11.7. The van der Waals surface area contributed by atoms with Crippen LogP contribution in [-0.4, -0.2) is 36.2 Å². The van der Waals surface area contributed by atoms with Crippen molar-refractivity contribution in [3.8, 4) is 0 Å². The van der Waals surface area contributed by atoms with Crippen molar-refractivity contribution in [2.45, 2.75) is 38.6 Å². The monoisotopic (exact) mass is 379 g/mol. The van der Waals surface area contributed by atoms with Crippen molar-refractivity contribution >= 4 is 17.3 Å². The third-order valence-corrected chi connectivity index (χ3v) is 5.64. The molecule has 1 aromatic heterocycles. The van der Waals surface area contributed by atoms with Gasteiger partial charge in [-0.3, -0.25) is 0 Å². The number of nitrogens with two attached hydrogens (primary N) is 1. The molecular weight excluding hydrogens is 350 g/mol. The van der Waals surface area contributed by atoms with Crippen LogP contribution in [0.15, 0.2) is 42.3 Å². The van der Waals surface area contributed by atoms with Gasteiger partial charge in [-0.25, -0.2) is 9.97 Å². The lowest BCUT2D eigenvalue weighted by atomic mass is 9.83. The molecule has 0 amide bonds. The Morgan fingerprint density at radius 2 is 2.04 bits per heavy atom. The first-order chi connectivity index (χ1) is 13.5. The molecule has 2 atom stereocenters. The summed E-state index contributed by atoms with van der Waals surface area (Å²) in [7, 11) is 1.74. The summed E-state index contributed by atoms with van der Waals surface area (Å²) in [5.74, 6) is 2.19. The number of ether oxygens (including phenoxy) is 1. The molecule has 1 saturated heterocycles. The van der Waals surface area contributed by atoms with Crippen molar-refractivity contribution in [2.75, 3.05) is 30.4 Å². The van der Waals surface area contributed by atoms with Crippen molar-refractivity contribution in [2.24, 2.45) is 11.7 Å². The SMILES string of the molecule is COC1=CCc2cnc(Nc3ccc(N4CCC(N)C4)cc3)nc2C1C(C)C. The summed E-state index contributed by atoms with van der Waals surface area (Å²) in [5.41, 5.74) is 10.4. The van der Waals surface area contributed by atoms with E-state index >= 15 is 0 Å². The quantitative estimate of drug-likeness (QED) is 0.827. The van der Waals surface area contributed by atoms with E-state index in [4.69, 9.17) is 15.5 Å². The Hall–Kier alpha value is -2.60. The van der Waals surface area contributed by atoms with Gasteiger partial charge in [-0.05, 0) is 54.7 Å². The van der Waals surface area contributed by atoms with Gasteiger partial charge in [0.15, 0.2) is 0 Å². The second-order valence-electron chi connectivity index (χ2n) is 8.01. The Labute approximate surface area is 166 Å². The minimum absolute atomic E-state index is 0.166. The van der Waals surface area contributed by atoms with Gasteiger partial charge in [0, 0.05) is 36.7 Å². The highest BCUT2D eigenvalue weighted by atomic mass is 16.5. The molecular formula is C22H29N5O. The van der Waals surface area contributed by atoms with Gasteiger partial charge in [0.05, 0.1) is 18.7 Å². The fourth-order valence-corrected chi connectivity index (χ4v) is 4.14. The lowest BCUT2D eigenvalue weighted by molar-refractivity contribution is 0.240. The van der Waals surface area contributed by atoms with Crippen LogP contribution >= 0.6 is 0 Å². The summed E-state index contributed by atoms with van der Waals surface area (Å²) in [5, 5.41) is 3.35. The van der Waals surface area contributed by atoms with E-state index in [1.54, 1.807) is 7.11 Å². The third kappa shape index (κ3) is 3.69. The van der Waals surface area contributed by atoms with Gasteiger partial charge in [0.25, 0.3) is 0 Å². The van der Waals surface area contributed by atoms with Gasteiger partial charge < -0.3 is 20.7 Å². The molecule has 148 valence electrons. The smallest absolute Gasteiger partial charge is 0.227 e. The third-order valence-electron chi connectivity index (χ3n) is 5.64. The van der Waals surface area contributed by atoms with Crippen LogP contribution in [0.25, 0.3) is 0 Å². The van der Waals surface area contributed by atoms with Crippen LogP contribution in [0.5, 0.6) is 0 Å². The Bertz CT molecular complexity index is 862.